The van der Waals surface area contributed by atoms with Crippen LogP contribution in [0.5, 0.6) is 0 Å². The Kier molecular flexibility index (Phi) is 5.15. The molecular formula is C16H22N6OS. The fourth-order valence-electron chi connectivity index (χ4n) is 3.03. The highest BCUT2D eigenvalue weighted by Gasteiger charge is 2.33. The molecule has 0 unspecified atom stereocenters. The molecule has 7 nitrogen and oxygen atoms in total. The van der Waals surface area contributed by atoms with E-state index in [1.54, 1.807) is 12.4 Å². The Bertz CT molecular complexity index is 716. The lowest BCUT2D eigenvalue weighted by Crippen LogP contribution is -2.31. The Morgan fingerprint density at radius 1 is 1.42 bits per heavy atom. The quantitative estimate of drug-likeness (QED) is 0.823. The third kappa shape index (κ3) is 3.44. The second-order valence-corrected chi connectivity index (χ2v) is 6.99. The molecule has 24 heavy (non-hydrogen) atoms. The van der Waals surface area contributed by atoms with Crippen molar-refractivity contribution >= 4 is 17.4 Å². The Morgan fingerprint density at radius 3 is 3.00 bits per heavy atom. The monoisotopic (exact) mass is 346 g/mol. The lowest BCUT2D eigenvalue weighted by atomic mass is 10.1. The van der Waals surface area contributed by atoms with Gasteiger partial charge in [-0.1, -0.05) is 11.4 Å². The molecule has 1 amide bonds. The molecule has 0 aromatic carbocycles. The Labute approximate surface area is 145 Å². The zero-order chi connectivity index (χ0) is 17.1. The molecule has 3 heterocycles. The highest BCUT2D eigenvalue weighted by atomic mass is 32.1. The van der Waals surface area contributed by atoms with Gasteiger partial charge in [0, 0.05) is 19.3 Å². The minimum Gasteiger partial charge on any atom is -0.329 e. The molecule has 0 radical (unpaired) electrons. The number of hydrogen-bond donors (Lipinski definition) is 0. The molecule has 0 N–H and O–H groups in total. The first-order chi connectivity index (χ1) is 11.6. The van der Waals surface area contributed by atoms with Crippen LogP contribution in [0, 0.1) is 0 Å². The van der Waals surface area contributed by atoms with E-state index in [1.165, 1.54) is 11.5 Å². The smallest absolute Gasteiger partial charge is 0.268 e. The van der Waals surface area contributed by atoms with Gasteiger partial charge in [0.05, 0.1) is 29.3 Å². The van der Waals surface area contributed by atoms with E-state index in [4.69, 9.17) is 4.98 Å². The van der Waals surface area contributed by atoms with Crippen molar-refractivity contribution in [3.05, 3.63) is 34.4 Å². The van der Waals surface area contributed by atoms with E-state index in [2.05, 4.69) is 19.5 Å². The number of hydrogen-bond acceptors (Lipinski definition) is 7. The van der Waals surface area contributed by atoms with Crippen LogP contribution in [0.4, 0.5) is 0 Å². The summed E-state index contributed by atoms with van der Waals surface area (Å²) in [5, 5.41) is 4.06. The molecule has 0 aliphatic carbocycles. The third-order valence-corrected chi connectivity index (χ3v) is 4.88. The lowest BCUT2D eigenvalue weighted by Gasteiger charge is -2.24. The van der Waals surface area contributed by atoms with Gasteiger partial charge in [-0.15, -0.1) is 5.10 Å². The van der Waals surface area contributed by atoms with Crippen LogP contribution in [0.2, 0.25) is 0 Å². The number of aryl methyl sites for hydroxylation is 1. The van der Waals surface area contributed by atoms with Gasteiger partial charge in [-0.3, -0.25) is 14.8 Å². The van der Waals surface area contributed by atoms with Crippen LogP contribution in [-0.4, -0.2) is 55.9 Å². The van der Waals surface area contributed by atoms with Crippen LogP contribution in [-0.2, 0) is 13.0 Å². The molecular weight excluding hydrogens is 324 g/mol. The highest BCUT2D eigenvalue weighted by Crippen LogP contribution is 2.33. The zero-order valence-electron chi connectivity index (χ0n) is 14.3. The summed E-state index contributed by atoms with van der Waals surface area (Å²) in [7, 11) is 4.01. The first kappa shape index (κ1) is 16.9. The van der Waals surface area contributed by atoms with Crippen LogP contribution in [0.1, 0.15) is 52.6 Å². The zero-order valence-corrected chi connectivity index (χ0v) is 15.1. The molecule has 0 bridgehead atoms. The second-order valence-electron chi connectivity index (χ2n) is 6.23. The van der Waals surface area contributed by atoms with E-state index >= 15 is 0 Å². The second kappa shape index (κ2) is 7.31. The van der Waals surface area contributed by atoms with Crippen LogP contribution in [0.3, 0.4) is 0 Å². The van der Waals surface area contributed by atoms with Crippen molar-refractivity contribution in [2.24, 2.45) is 0 Å². The molecule has 2 aromatic heterocycles. The van der Waals surface area contributed by atoms with Crippen molar-refractivity contribution in [3.63, 3.8) is 0 Å². The summed E-state index contributed by atoms with van der Waals surface area (Å²) in [6.45, 7) is 3.47. The van der Waals surface area contributed by atoms with Crippen LogP contribution in [0.15, 0.2) is 12.4 Å². The van der Waals surface area contributed by atoms with Gasteiger partial charge < -0.3 is 9.80 Å². The van der Waals surface area contributed by atoms with E-state index < -0.39 is 0 Å². The first-order valence-corrected chi connectivity index (χ1v) is 8.95. The third-order valence-electron chi connectivity index (χ3n) is 4.12. The molecule has 1 aliphatic heterocycles. The van der Waals surface area contributed by atoms with Crippen molar-refractivity contribution in [1.29, 1.82) is 0 Å². The Morgan fingerprint density at radius 2 is 2.25 bits per heavy atom. The summed E-state index contributed by atoms with van der Waals surface area (Å²) >= 11 is 1.18. The SMILES string of the molecule is CCc1nnsc1C(=O)N1CCC[C@H]1c1cncc(CN(C)C)n1. The van der Waals surface area contributed by atoms with E-state index in [0.29, 0.717) is 11.3 Å². The van der Waals surface area contributed by atoms with Crippen molar-refractivity contribution in [2.45, 2.75) is 38.8 Å². The normalized spacial score (nSPS) is 17.7. The van der Waals surface area contributed by atoms with Crippen LogP contribution < -0.4 is 0 Å². The van der Waals surface area contributed by atoms with Gasteiger partial charge >= 0.3 is 0 Å². The summed E-state index contributed by atoms with van der Waals surface area (Å²) in [4.78, 5) is 26.6. The Balaban J connectivity index is 1.84. The van der Waals surface area contributed by atoms with E-state index in [1.807, 2.05) is 25.9 Å². The summed E-state index contributed by atoms with van der Waals surface area (Å²) in [6, 6.07) is -0.0149. The van der Waals surface area contributed by atoms with Gasteiger partial charge in [0.25, 0.3) is 5.91 Å². The van der Waals surface area contributed by atoms with Crippen molar-refractivity contribution in [3.8, 4) is 0 Å². The molecule has 1 fully saturated rings. The standard InChI is InChI=1S/C16H22N6OS/c1-4-12-15(24-20-19-12)16(23)22-7-5-6-14(22)13-9-17-8-11(18-13)10-21(2)3/h8-9,14H,4-7,10H2,1-3H3/t14-/m0/s1. The number of likely N-dealkylation sites (tertiary alicyclic amines) is 1. The lowest BCUT2D eigenvalue weighted by molar-refractivity contribution is 0.0736. The molecule has 128 valence electrons. The topological polar surface area (TPSA) is 75.1 Å². The molecule has 1 atom stereocenters. The predicted molar refractivity (Wildman–Crippen MR) is 91.7 cm³/mol. The number of rotatable bonds is 5. The predicted octanol–water partition coefficient (Wildman–Crippen LogP) is 1.93. The fraction of sp³-hybridized carbons (Fsp3) is 0.562. The molecule has 1 aliphatic rings. The summed E-state index contributed by atoms with van der Waals surface area (Å²) < 4.78 is 3.94. The van der Waals surface area contributed by atoms with Crippen molar-refractivity contribution < 1.29 is 4.79 Å². The number of carbonyl (C=O) groups excluding carboxylic acids is 1. The molecule has 0 spiro atoms. The van der Waals surface area contributed by atoms with Crippen LogP contribution >= 0.6 is 11.5 Å². The number of carbonyl (C=O) groups is 1. The maximum Gasteiger partial charge on any atom is 0.268 e. The maximum absolute atomic E-state index is 12.9. The number of nitrogens with zero attached hydrogens (tertiary/aromatic N) is 6. The van der Waals surface area contributed by atoms with Gasteiger partial charge in [-0.2, -0.15) is 0 Å². The van der Waals surface area contributed by atoms with Gasteiger partial charge in [0.2, 0.25) is 0 Å². The number of amides is 1. The van der Waals surface area contributed by atoms with Crippen LogP contribution in [0.25, 0.3) is 0 Å². The number of aromatic nitrogens is 4. The van der Waals surface area contributed by atoms with E-state index in [0.717, 1.165) is 43.0 Å². The maximum atomic E-state index is 12.9. The average molecular weight is 346 g/mol. The minimum atomic E-state index is -0.0149. The van der Waals surface area contributed by atoms with Gasteiger partial charge in [0.1, 0.15) is 4.88 Å². The van der Waals surface area contributed by atoms with Crippen molar-refractivity contribution in [1.82, 2.24) is 29.4 Å². The minimum absolute atomic E-state index is 0.0149. The van der Waals surface area contributed by atoms with E-state index in [9.17, 15) is 4.79 Å². The average Bonchev–Trinajstić information content (AvgIpc) is 3.23. The highest BCUT2D eigenvalue weighted by molar-refractivity contribution is 7.08. The molecule has 2 aromatic rings. The molecule has 8 heteroatoms. The molecule has 1 saturated heterocycles. The van der Waals surface area contributed by atoms with Gasteiger partial charge in [0.15, 0.2) is 0 Å². The fourth-order valence-corrected chi connectivity index (χ4v) is 3.74. The van der Waals surface area contributed by atoms with Gasteiger partial charge in [-0.05, 0) is 44.9 Å². The van der Waals surface area contributed by atoms with E-state index in [-0.39, 0.29) is 11.9 Å². The van der Waals surface area contributed by atoms with Gasteiger partial charge in [-0.25, -0.2) is 0 Å². The molecule has 3 rings (SSSR count). The van der Waals surface area contributed by atoms with Crippen molar-refractivity contribution in [2.75, 3.05) is 20.6 Å². The largest absolute Gasteiger partial charge is 0.329 e. The summed E-state index contributed by atoms with van der Waals surface area (Å²) in [5.41, 5.74) is 2.57. The first-order valence-electron chi connectivity index (χ1n) is 8.18. The molecule has 0 saturated carbocycles. The summed E-state index contributed by atoms with van der Waals surface area (Å²) in [6.07, 6.45) is 6.17. The Hall–Kier alpha value is -1.93. The summed E-state index contributed by atoms with van der Waals surface area (Å²) in [5.74, 6) is 0.0177.